The van der Waals surface area contributed by atoms with E-state index in [-0.39, 0.29) is 13.0 Å². The molecule has 1 saturated heterocycles. The summed E-state index contributed by atoms with van der Waals surface area (Å²) >= 11 is 0. The molecular formula is C28H25FN2O5. The molecule has 1 aromatic heterocycles. The van der Waals surface area contributed by atoms with Crippen LogP contribution in [-0.4, -0.2) is 33.5 Å². The van der Waals surface area contributed by atoms with E-state index in [2.05, 4.69) is 0 Å². The minimum absolute atomic E-state index is 0.0169. The second-order valence-corrected chi connectivity index (χ2v) is 8.67. The molecule has 3 atom stereocenters. The third kappa shape index (κ3) is 4.42. The van der Waals surface area contributed by atoms with Gasteiger partial charge in [-0.2, -0.15) is 4.39 Å². The number of hydrogen-bond donors (Lipinski definition) is 2. The zero-order valence-corrected chi connectivity index (χ0v) is 19.3. The first-order valence-corrected chi connectivity index (χ1v) is 11.6. The van der Waals surface area contributed by atoms with Crippen LogP contribution < -0.4 is 11.2 Å². The van der Waals surface area contributed by atoms with Gasteiger partial charge in [0.05, 0.1) is 18.9 Å². The smallest absolute Gasteiger partial charge is 0.330 e. The van der Waals surface area contributed by atoms with Crippen LogP contribution in [0.2, 0.25) is 0 Å². The number of nitrogens with zero attached hydrogens (tertiary/aromatic N) is 1. The quantitative estimate of drug-likeness (QED) is 0.389. The third-order valence-electron chi connectivity index (χ3n) is 6.44. The number of aliphatic hydroxyl groups is 1. The van der Waals surface area contributed by atoms with Crippen molar-refractivity contribution in [3.8, 4) is 0 Å². The van der Waals surface area contributed by atoms with E-state index in [1.807, 2.05) is 96.0 Å². The van der Waals surface area contributed by atoms with Gasteiger partial charge in [-0.05, 0) is 16.7 Å². The number of halogens is 1. The van der Waals surface area contributed by atoms with Crippen LogP contribution in [0.15, 0.2) is 107 Å². The van der Waals surface area contributed by atoms with Crippen molar-refractivity contribution in [2.45, 2.75) is 30.5 Å². The highest BCUT2D eigenvalue weighted by Gasteiger charge is 2.42. The molecule has 0 bridgehead atoms. The summed E-state index contributed by atoms with van der Waals surface area (Å²) in [4.78, 5) is 25.5. The molecule has 4 aromatic rings. The molecule has 7 nitrogen and oxygen atoms in total. The normalized spacial score (nSPS) is 19.9. The second kappa shape index (κ2) is 10.0. The summed E-state index contributed by atoms with van der Waals surface area (Å²) in [5, 5.41) is 10.8. The zero-order valence-electron chi connectivity index (χ0n) is 19.3. The first kappa shape index (κ1) is 23.9. The molecule has 0 spiro atoms. The number of H-pyrrole nitrogens is 1. The van der Waals surface area contributed by atoms with Gasteiger partial charge in [-0.15, -0.1) is 0 Å². The minimum atomic E-state index is -1.11. The Kier molecular flexibility index (Phi) is 6.65. The molecule has 3 aromatic carbocycles. The maximum atomic E-state index is 13.8. The Morgan fingerprint density at radius 2 is 1.42 bits per heavy atom. The van der Waals surface area contributed by atoms with Gasteiger partial charge in [0.1, 0.15) is 17.9 Å². The van der Waals surface area contributed by atoms with Gasteiger partial charge >= 0.3 is 5.69 Å². The van der Waals surface area contributed by atoms with Crippen LogP contribution in [0.5, 0.6) is 0 Å². The number of aliphatic hydroxyl groups excluding tert-OH is 1. The Bertz CT molecular complexity index is 1330. The highest BCUT2D eigenvalue weighted by molar-refractivity contribution is 5.47. The SMILES string of the molecule is O=c1[nH]c(=O)n([C@@H]2CC(O)[C@H](COC(c3ccccc3)(c3ccccc3)c3ccccc3)O2)cc1F. The lowest BCUT2D eigenvalue weighted by atomic mass is 9.80. The van der Waals surface area contributed by atoms with E-state index in [9.17, 15) is 19.1 Å². The molecule has 0 amide bonds. The molecule has 0 radical (unpaired) electrons. The van der Waals surface area contributed by atoms with Crippen LogP contribution in [0.4, 0.5) is 4.39 Å². The molecule has 1 unspecified atom stereocenters. The molecule has 184 valence electrons. The lowest BCUT2D eigenvalue weighted by Gasteiger charge is -2.37. The number of aromatic amines is 1. The third-order valence-corrected chi connectivity index (χ3v) is 6.44. The van der Waals surface area contributed by atoms with Crippen molar-refractivity contribution in [1.82, 2.24) is 9.55 Å². The summed E-state index contributed by atoms with van der Waals surface area (Å²) in [5.74, 6) is -1.11. The summed E-state index contributed by atoms with van der Waals surface area (Å²) in [5.41, 5.74) is -0.243. The van der Waals surface area contributed by atoms with E-state index in [1.54, 1.807) is 0 Å². The topological polar surface area (TPSA) is 93.6 Å². The van der Waals surface area contributed by atoms with Gasteiger partial charge in [0.15, 0.2) is 0 Å². The highest BCUT2D eigenvalue weighted by Crippen LogP contribution is 2.41. The minimum Gasteiger partial charge on any atom is -0.390 e. The average Bonchev–Trinajstić information content (AvgIpc) is 3.28. The summed E-state index contributed by atoms with van der Waals surface area (Å²) in [6.45, 7) is -0.0169. The first-order valence-electron chi connectivity index (χ1n) is 11.6. The number of hydrogen-bond acceptors (Lipinski definition) is 5. The van der Waals surface area contributed by atoms with Gasteiger partial charge in [0, 0.05) is 6.42 Å². The molecule has 8 heteroatoms. The van der Waals surface area contributed by atoms with Crippen molar-refractivity contribution in [2.75, 3.05) is 6.61 Å². The summed E-state index contributed by atoms with van der Waals surface area (Å²) in [6.07, 6.45) is -1.89. The Balaban J connectivity index is 1.50. The number of nitrogens with one attached hydrogen (secondary N) is 1. The molecule has 1 aliphatic rings. The maximum absolute atomic E-state index is 13.8. The molecule has 36 heavy (non-hydrogen) atoms. The number of rotatable bonds is 7. The second-order valence-electron chi connectivity index (χ2n) is 8.67. The van der Waals surface area contributed by atoms with E-state index in [4.69, 9.17) is 9.47 Å². The van der Waals surface area contributed by atoms with Crippen LogP contribution in [0, 0.1) is 5.82 Å². The monoisotopic (exact) mass is 488 g/mol. The first-order chi connectivity index (χ1) is 17.5. The predicted octanol–water partition coefficient (Wildman–Crippen LogP) is 3.33. The summed E-state index contributed by atoms with van der Waals surface area (Å²) in [6, 6.07) is 29.3. The molecule has 2 heterocycles. The van der Waals surface area contributed by atoms with Gasteiger partial charge in [-0.3, -0.25) is 14.3 Å². The van der Waals surface area contributed by atoms with E-state index in [0.717, 1.165) is 27.5 Å². The van der Waals surface area contributed by atoms with Gasteiger partial charge in [0.25, 0.3) is 5.56 Å². The lowest BCUT2D eigenvalue weighted by molar-refractivity contribution is -0.0945. The van der Waals surface area contributed by atoms with Gasteiger partial charge in [0.2, 0.25) is 5.82 Å². The molecular weight excluding hydrogens is 463 g/mol. The van der Waals surface area contributed by atoms with Gasteiger partial charge in [-0.1, -0.05) is 91.0 Å². The van der Waals surface area contributed by atoms with Crippen molar-refractivity contribution >= 4 is 0 Å². The summed E-state index contributed by atoms with van der Waals surface area (Å²) in [7, 11) is 0. The van der Waals surface area contributed by atoms with Crippen molar-refractivity contribution in [1.29, 1.82) is 0 Å². The number of aromatic nitrogens is 2. The Morgan fingerprint density at radius 3 is 1.92 bits per heavy atom. The largest absolute Gasteiger partial charge is 0.390 e. The Morgan fingerprint density at radius 1 is 0.917 bits per heavy atom. The van der Waals surface area contributed by atoms with Crippen LogP contribution in [0.25, 0.3) is 0 Å². The van der Waals surface area contributed by atoms with Crippen LogP contribution in [0.3, 0.4) is 0 Å². The predicted molar refractivity (Wildman–Crippen MR) is 131 cm³/mol. The van der Waals surface area contributed by atoms with E-state index in [0.29, 0.717) is 0 Å². The molecule has 1 fully saturated rings. The lowest BCUT2D eigenvalue weighted by Crippen LogP contribution is -2.38. The van der Waals surface area contributed by atoms with Crippen molar-refractivity contribution < 1.29 is 19.0 Å². The van der Waals surface area contributed by atoms with E-state index >= 15 is 0 Å². The van der Waals surface area contributed by atoms with E-state index in [1.165, 1.54) is 0 Å². The summed E-state index contributed by atoms with van der Waals surface area (Å²) < 4.78 is 27.4. The Labute approximate surface area is 206 Å². The van der Waals surface area contributed by atoms with Crippen molar-refractivity contribution in [2.24, 2.45) is 0 Å². The highest BCUT2D eigenvalue weighted by atomic mass is 19.1. The van der Waals surface area contributed by atoms with Gasteiger partial charge in [-0.25, -0.2) is 4.79 Å². The fourth-order valence-corrected chi connectivity index (χ4v) is 4.69. The molecule has 0 aliphatic carbocycles. The standard InChI is InChI=1S/C28H25FN2O5/c29-22-17-31(27(34)30-26(22)33)25-16-23(32)24(36-25)18-35-28(19-10-4-1-5-11-19,20-12-6-2-7-13-20)21-14-8-3-9-15-21/h1-15,17,23-25,32H,16,18H2,(H,30,33,34)/t23?,24-,25-/m0/s1. The van der Waals surface area contributed by atoms with Crippen molar-refractivity contribution in [3.63, 3.8) is 0 Å². The van der Waals surface area contributed by atoms with Gasteiger partial charge < -0.3 is 14.6 Å². The molecule has 0 saturated carbocycles. The van der Waals surface area contributed by atoms with Crippen LogP contribution in [0.1, 0.15) is 29.3 Å². The fourth-order valence-electron chi connectivity index (χ4n) is 4.69. The van der Waals surface area contributed by atoms with Crippen LogP contribution >= 0.6 is 0 Å². The Hall–Kier alpha value is -3.85. The van der Waals surface area contributed by atoms with Crippen LogP contribution in [-0.2, 0) is 15.1 Å². The molecule has 2 N–H and O–H groups in total. The zero-order chi connectivity index (χ0) is 25.1. The van der Waals surface area contributed by atoms with E-state index < -0.39 is 41.1 Å². The fraction of sp³-hybridized carbons (Fsp3) is 0.214. The number of benzene rings is 3. The van der Waals surface area contributed by atoms with Crippen molar-refractivity contribution in [3.05, 3.63) is 141 Å². The molecule has 5 rings (SSSR count). The maximum Gasteiger partial charge on any atom is 0.330 e. The molecule has 1 aliphatic heterocycles. The number of ether oxygens (including phenoxy) is 2. The average molecular weight is 489 g/mol.